The van der Waals surface area contributed by atoms with Crippen molar-refractivity contribution in [3.63, 3.8) is 0 Å². The molecule has 0 saturated carbocycles. The van der Waals surface area contributed by atoms with Crippen molar-refractivity contribution in [2.45, 2.75) is 18.9 Å². The molecule has 1 heterocycles. The first-order chi connectivity index (χ1) is 9.75. The second-order valence-electron chi connectivity index (χ2n) is 4.68. The van der Waals surface area contributed by atoms with Crippen molar-refractivity contribution in [2.75, 3.05) is 6.54 Å². The van der Waals surface area contributed by atoms with Crippen molar-refractivity contribution >= 4 is 30.7 Å². The molecule has 3 N–H and O–H groups in total. The molecule has 0 radical (unpaired) electrons. The number of nitrogens with zero attached hydrogens (tertiary/aromatic N) is 1. The average Bonchev–Trinajstić information content (AvgIpc) is 2.49. The number of halogens is 2. The van der Waals surface area contributed by atoms with E-state index in [1.54, 1.807) is 6.20 Å². The maximum Gasteiger partial charge on any atom is 0.221 e. The van der Waals surface area contributed by atoms with E-state index in [1.807, 2.05) is 48.7 Å². The number of aromatic nitrogens is 1. The van der Waals surface area contributed by atoms with Crippen LogP contribution in [0.5, 0.6) is 0 Å². The van der Waals surface area contributed by atoms with Crippen LogP contribution in [0.4, 0.5) is 0 Å². The SMILES string of the molecule is Cl.Cl.NC(CC(=O)NCCc1cccnc1)c1ccccc1. The summed E-state index contributed by atoms with van der Waals surface area (Å²) in [7, 11) is 0. The van der Waals surface area contributed by atoms with E-state index in [0.29, 0.717) is 13.0 Å². The second-order valence-corrected chi connectivity index (χ2v) is 4.68. The minimum absolute atomic E-state index is 0. The minimum atomic E-state index is -0.255. The predicted octanol–water partition coefficient (Wildman–Crippen LogP) is 2.67. The van der Waals surface area contributed by atoms with Crippen LogP contribution in [-0.4, -0.2) is 17.4 Å². The summed E-state index contributed by atoms with van der Waals surface area (Å²) in [4.78, 5) is 15.8. The maximum atomic E-state index is 11.8. The number of benzene rings is 1. The van der Waals surface area contributed by atoms with Crippen LogP contribution in [0.2, 0.25) is 0 Å². The zero-order chi connectivity index (χ0) is 14.2. The Morgan fingerprint density at radius 3 is 2.50 bits per heavy atom. The fourth-order valence-corrected chi connectivity index (χ4v) is 1.98. The summed E-state index contributed by atoms with van der Waals surface area (Å²) in [5.41, 5.74) is 8.10. The summed E-state index contributed by atoms with van der Waals surface area (Å²) >= 11 is 0. The Hall–Kier alpha value is -1.62. The van der Waals surface area contributed by atoms with Gasteiger partial charge in [-0.15, -0.1) is 24.8 Å². The highest BCUT2D eigenvalue weighted by Crippen LogP contribution is 2.12. The Labute approximate surface area is 143 Å². The normalized spacial score (nSPS) is 10.8. The molecular formula is C16H21Cl2N3O. The van der Waals surface area contributed by atoms with Crippen LogP contribution in [-0.2, 0) is 11.2 Å². The number of hydrogen-bond donors (Lipinski definition) is 2. The summed E-state index contributed by atoms with van der Waals surface area (Å²) in [5.74, 6) is -0.0229. The molecule has 1 atom stereocenters. The number of nitrogens with two attached hydrogens (primary N) is 1. The van der Waals surface area contributed by atoms with Crippen LogP contribution in [0.15, 0.2) is 54.9 Å². The minimum Gasteiger partial charge on any atom is -0.356 e. The van der Waals surface area contributed by atoms with Gasteiger partial charge >= 0.3 is 0 Å². The van der Waals surface area contributed by atoms with Gasteiger partial charge in [0.25, 0.3) is 0 Å². The highest BCUT2D eigenvalue weighted by Gasteiger charge is 2.10. The van der Waals surface area contributed by atoms with Crippen LogP contribution < -0.4 is 11.1 Å². The molecule has 0 aliphatic rings. The van der Waals surface area contributed by atoms with Crippen molar-refractivity contribution in [1.82, 2.24) is 10.3 Å². The molecule has 22 heavy (non-hydrogen) atoms. The lowest BCUT2D eigenvalue weighted by Crippen LogP contribution is -2.29. The van der Waals surface area contributed by atoms with Gasteiger partial charge in [-0.3, -0.25) is 9.78 Å². The summed E-state index contributed by atoms with van der Waals surface area (Å²) < 4.78 is 0. The molecule has 120 valence electrons. The van der Waals surface area contributed by atoms with Crippen molar-refractivity contribution in [1.29, 1.82) is 0 Å². The van der Waals surface area contributed by atoms with E-state index < -0.39 is 0 Å². The number of carbonyl (C=O) groups excluding carboxylic acids is 1. The molecule has 4 nitrogen and oxygen atoms in total. The van der Waals surface area contributed by atoms with Crippen molar-refractivity contribution in [2.24, 2.45) is 5.73 Å². The molecule has 2 rings (SSSR count). The van der Waals surface area contributed by atoms with Crippen LogP contribution in [0.3, 0.4) is 0 Å². The molecule has 0 aliphatic heterocycles. The zero-order valence-electron chi connectivity index (χ0n) is 12.1. The van der Waals surface area contributed by atoms with Gasteiger partial charge in [-0.2, -0.15) is 0 Å². The third kappa shape index (κ3) is 6.89. The smallest absolute Gasteiger partial charge is 0.221 e. The van der Waals surface area contributed by atoms with Gasteiger partial charge in [0.2, 0.25) is 5.91 Å². The number of pyridine rings is 1. The highest BCUT2D eigenvalue weighted by atomic mass is 35.5. The van der Waals surface area contributed by atoms with E-state index in [9.17, 15) is 4.79 Å². The fourth-order valence-electron chi connectivity index (χ4n) is 1.98. The van der Waals surface area contributed by atoms with Gasteiger partial charge < -0.3 is 11.1 Å². The lowest BCUT2D eigenvalue weighted by atomic mass is 10.0. The molecule has 1 amide bonds. The van der Waals surface area contributed by atoms with Crippen LogP contribution >= 0.6 is 24.8 Å². The second kappa shape index (κ2) is 11.0. The third-order valence-electron chi connectivity index (χ3n) is 3.09. The lowest BCUT2D eigenvalue weighted by molar-refractivity contribution is -0.121. The monoisotopic (exact) mass is 341 g/mol. The molecule has 0 bridgehead atoms. The Morgan fingerprint density at radius 1 is 1.14 bits per heavy atom. The number of rotatable bonds is 6. The fraction of sp³-hybridized carbons (Fsp3) is 0.250. The number of amides is 1. The molecule has 0 saturated heterocycles. The van der Waals surface area contributed by atoms with E-state index in [1.165, 1.54) is 0 Å². The van der Waals surface area contributed by atoms with E-state index in [0.717, 1.165) is 17.5 Å². The Balaban J connectivity index is 0.00000220. The molecule has 1 aromatic carbocycles. The molecule has 6 heteroatoms. The summed E-state index contributed by atoms with van der Waals surface area (Å²) in [6.45, 7) is 0.603. The molecule has 0 aliphatic carbocycles. The van der Waals surface area contributed by atoms with Gasteiger partial charge in [0, 0.05) is 31.4 Å². The molecule has 1 unspecified atom stereocenters. The van der Waals surface area contributed by atoms with E-state index in [4.69, 9.17) is 5.73 Å². The molecule has 2 aromatic rings. The lowest BCUT2D eigenvalue weighted by Gasteiger charge is -2.12. The highest BCUT2D eigenvalue weighted by molar-refractivity contribution is 5.85. The Bertz CT molecular complexity index is 538. The van der Waals surface area contributed by atoms with E-state index in [2.05, 4.69) is 10.3 Å². The summed E-state index contributed by atoms with van der Waals surface area (Å²) in [5, 5.41) is 2.89. The van der Waals surface area contributed by atoms with Crippen molar-refractivity contribution in [3.05, 3.63) is 66.0 Å². The zero-order valence-corrected chi connectivity index (χ0v) is 13.8. The van der Waals surface area contributed by atoms with Gasteiger partial charge in [0.1, 0.15) is 0 Å². The summed E-state index contributed by atoms with van der Waals surface area (Å²) in [6, 6.07) is 13.3. The van der Waals surface area contributed by atoms with Gasteiger partial charge in [-0.1, -0.05) is 36.4 Å². The van der Waals surface area contributed by atoms with E-state index in [-0.39, 0.29) is 36.8 Å². The van der Waals surface area contributed by atoms with Crippen LogP contribution in [0, 0.1) is 0 Å². The first kappa shape index (κ1) is 20.4. The first-order valence-corrected chi connectivity index (χ1v) is 6.72. The number of hydrogen-bond acceptors (Lipinski definition) is 3. The van der Waals surface area contributed by atoms with Gasteiger partial charge in [0.05, 0.1) is 0 Å². The van der Waals surface area contributed by atoms with Gasteiger partial charge in [-0.05, 0) is 23.6 Å². The number of nitrogens with one attached hydrogen (secondary N) is 1. The average molecular weight is 342 g/mol. The maximum absolute atomic E-state index is 11.8. The third-order valence-corrected chi connectivity index (χ3v) is 3.09. The molecule has 1 aromatic heterocycles. The first-order valence-electron chi connectivity index (χ1n) is 6.72. The van der Waals surface area contributed by atoms with E-state index >= 15 is 0 Å². The van der Waals surface area contributed by atoms with Crippen LogP contribution in [0.25, 0.3) is 0 Å². The Morgan fingerprint density at radius 2 is 1.86 bits per heavy atom. The largest absolute Gasteiger partial charge is 0.356 e. The quantitative estimate of drug-likeness (QED) is 0.848. The molecule has 0 fully saturated rings. The topological polar surface area (TPSA) is 68.0 Å². The van der Waals surface area contributed by atoms with Crippen molar-refractivity contribution < 1.29 is 4.79 Å². The number of carbonyl (C=O) groups is 1. The van der Waals surface area contributed by atoms with Crippen molar-refractivity contribution in [3.8, 4) is 0 Å². The van der Waals surface area contributed by atoms with Gasteiger partial charge in [-0.25, -0.2) is 0 Å². The van der Waals surface area contributed by atoms with Crippen LogP contribution in [0.1, 0.15) is 23.6 Å². The molecular weight excluding hydrogens is 321 g/mol. The Kier molecular flexibility index (Phi) is 10.2. The standard InChI is InChI=1S/C16H19N3O.2ClH/c17-15(14-6-2-1-3-7-14)11-16(20)19-10-8-13-5-4-9-18-12-13;;/h1-7,9,12,15H,8,10-11,17H2,(H,19,20);2*1H. The molecule has 0 spiro atoms. The predicted molar refractivity (Wildman–Crippen MR) is 93.4 cm³/mol. The summed E-state index contributed by atoms with van der Waals surface area (Å²) in [6.07, 6.45) is 4.63. The van der Waals surface area contributed by atoms with Gasteiger partial charge in [0.15, 0.2) is 0 Å².